The van der Waals surface area contributed by atoms with Gasteiger partial charge in [0.2, 0.25) is 10.0 Å². The molecule has 136 valence electrons. The number of hydrogen-bond donors (Lipinski definition) is 2. The highest BCUT2D eigenvalue weighted by molar-refractivity contribution is 7.91. The van der Waals surface area contributed by atoms with Gasteiger partial charge in [-0.15, -0.1) is 11.3 Å². The molecular formula is C16H20N2O5S2. The first-order chi connectivity index (χ1) is 12.0. The molecule has 1 heterocycles. The van der Waals surface area contributed by atoms with E-state index in [9.17, 15) is 13.2 Å². The fourth-order valence-electron chi connectivity index (χ4n) is 1.87. The molecule has 0 bridgehead atoms. The molecule has 0 aliphatic carbocycles. The van der Waals surface area contributed by atoms with Gasteiger partial charge in [0.25, 0.3) is 5.91 Å². The average Bonchev–Trinajstić information content (AvgIpc) is 3.14. The van der Waals surface area contributed by atoms with E-state index in [0.717, 1.165) is 17.1 Å². The van der Waals surface area contributed by atoms with E-state index in [1.54, 1.807) is 35.7 Å². The van der Waals surface area contributed by atoms with E-state index in [4.69, 9.17) is 9.47 Å². The van der Waals surface area contributed by atoms with Crippen molar-refractivity contribution in [2.24, 2.45) is 0 Å². The van der Waals surface area contributed by atoms with Crippen LogP contribution in [0.2, 0.25) is 0 Å². The second-order valence-corrected chi connectivity index (χ2v) is 7.81. The zero-order valence-electron chi connectivity index (χ0n) is 13.7. The molecule has 1 amide bonds. The van der Waals surface area contributed by atoms with Crippen molar-refractivity contribution in [3.8, 4) is 11.5 Å². The van der Waals surface area contributed by atoms with Crippen LogP contribution in [0.3, 0.4) is 0 Å². The Kier molecular flexibility index (Phi) is 7.23. The molecule has 0 aliphatic rings. The molecule has 0 atom stereocenters. The predicted molar refractivity (Wildman–Crippen MR) is 95.6 cm³/mol. The molecule has 1 aromatic carbocycles. The van der Waals surface area contributed by atoms with Crippen molar-refractivity contribution >= 4 is 27.3 Å². The lowest BCUT2D eigenvalue weighted by molar-refractivity contribution is -0.123. The minimum absolute atomic E-state index is 0.106. The number of rotatable bonds is 10. The number of carbonyl (C=O) groups is 1. The van der Waals surface area contributed by atoms with Crippen LogP contribution in [0.1, 0.15) is 6.92 Å². The van der Waals surface area contributed by atoms with E-state index >= 15 is 0 Å². The number of benzene rings is 1. The van der Waals surface area contributed by atoms with Crippen LogP contribution in [0.15, 0.2) is 46.0 Å². The summed E-state index contributed by atoms with van der Waals surface area (Å²) >= 11 is 1.14. The number of nitrogens with one attached hydrogen (secondary N) is 2. The van der Waals surface area contributed by atoms with E-state index in [-0.39, 0.29) is 29.8 Å². The van der Waals surface area contributed by atoms with Crippen molar-refractivity contribution in [2.75, 3.05) is 26.3 Å². The zero-order valence-corrected chi connectivity index (χ0v) is 15.4. The maximum Gasteiger partial charge on any atom is 0.257 e. The van der Waals surface area contributed by atoms with Gasteiger partial charge in [-0.1, -0.05) is 6.07 Å². The summed E-state index contributed by atoms with van der Waals surface area (Å²) in [5.41, 5.74) is 0. The highest BCUT2D eigenvalue weighted by atomic mass is 32.2. The van der Waals surface area contributed by atoms with Gasteiger partial charge in [-0.05, 0) is 42.6 Å². The molecule has 0 radical (unpaired) electrons. The number of carbonyl (C=O) groups excluding carboxylic acids is 1. The van der Waals surface area contributed by atoms with E-state index in [1.165, 1.54) is 6.07 Å². The molecule has 0 fully saturated rings. The summed E-state index contributed by atoms with van der Waals surface area (Å²) in [6.45, 7) is 2.62. The van der Waals surface area contributed by atoms with Crippen molar-refractivity contribution in [2.45, 2.75) is 11.1 Å². The van der Waals surface area contributed by atoms with Crippen LogP contribution in [-0.2, 0) is 14.8 Å². The van der Waals surface area contributed by atoms with E-state index < -0.39 is 10.0 Å². The van der Waals surface area contributed by atoms with Crippen LogP contribution in [0.5, 0.6) is 11.5 Å². The zero-order chi connectivity index (χ0) is 18.1. The van der Waals surface area contributed by atoms with Gasteiger partial charge in [0.1, 0.15) is 15.7 Å². The van der Waals surface area contributed by atoms with Crippen molar-refractivity contribution in [3.63, 3.8) is 0 Å². The smallest absolute Gasteiger partial charge is 0.257 e. The summed E-state index contributed by atoms with van der Waals surface area (Å²) in [5.74, 6) is 0.957. The predicted octanol–water partition coefficient (Wildman–Crippen LogP) is 1.62. The standard InChI is InChI=1S/C16H20N2O5S2/c1-2-22-13-5-7-14(8-6-13)23-12-15(19)17-9-10-18-25(20,21)16-4-3-11-24-16/h3-8,11,18H,2,9-10,12H2,1H3,(H,17,19). The van der Waals surface area contributed by atoms with Crippen molar-refractivity contribution in [1.29, 1.82) is 0 Å². The normalized spacial score (nSPS) is 11.1. The number of thiophene rings is 1. The maximum atomic E-state index is 11.9. The second kappa shape index (κ2) is 9.40. The van der Waals surface area contributed by atoms with E-state index in [1.807, 2.05) is 6.92 Å². The first-order valence-electron chi connectivity index (χ1n) is 7.67. The van der Waals surface area contributed by atoms with Crippen LogP contribution in [0, 0.1) is 0 Å². The van der Waals surface area contributed by atoms with Gasteiger partial charge >= 0.3 is 0 Å². The molecule has 25 heavy (non-hydrogen) atoms. The Morgan fingerprint density at radius 3 is 2.36 bits per heavy atom. The van der Waals surface area contributed by atoms with Crippen LogP contribution < -0.4 is 19.5 Å². The Bertz CT molecular complexity index is 758. The van der Waals surface area contributed by atoms with Crippen molar-refractivity contribution in [1.82, 2.24) is 10.0 Å². The molecule has 1 aromatic heterocycles. The van der Waals surface area contributed by atoms with Gasteiger partial charge < -0.3 is 14.8 Å². The van der Waals surface area contributed by atoms with Crippen LogP contribution in [-0.4, -0.2) is 40.6 Å². The van der Waals surface area contributed by atoms with E-state index in [2.05, 4.69) is 10.0 Å². The summed E-state index contributed by atoms with van der Waals surface area (Å²) in [7, 11) is -3.50. The molecule has 9 heteroatoms. The van der Waals surface area contributed by atoms with Crippen LogP contribution in [0.4, 0.5) is 0 Å². The largest absolute Gasteiger partial charge is 0.494 e. The van der Waals surface area contributed by atoms with Gasteiger partial charge in [-0.3, -0.25) is 4.79 Å². The number of hydrogen-bond acceptors (Lipinski definition) is 6. The lowest BCUT2D eigenvalue weighted by atomic mass is 10.3. The van der Waals surface area contributed by atoms with Crippen LogP contribution in [0.25, 0.3) is 0 Å². The molecule has 7 nitrogen and oxygen atoms in total. The monoisotopic (exact) mass is 384 g/mol. The fraction of sp³-hybridized carbons (Fsp3) is 0.312. The molecule has 0 saturated heterocycles. The molecule has 2 N–H and O–H groups in total. The van der Waals surface area contributed by atoms with Gasteiger partial charge in [-0.2, -0.15) is 0 Å². The lowest BCUT2D eigenvalue weighted by Gasteiger charge is -2.09. The summed E-state index contributed by atoms with van der Waals surface area (Å²) in [6, 6.07) is 10.1. The molecule has 0 spiro atoms. The molecule has 2 rings (SSSR count). The summed E-state index contributed by atoms with van der Waals surface area (Å²) in [6.07, 6.45) is 0. The number of sulfonamides is 1. The Hall–Kier alpha value is -2.10. The minimum Gasteiger partial charge on any atom is -0.494 e. The molecule has 2 aromatic rings. The number of ether oxygens (including phenoxy) is 2. The van der Waals surface area contributed by atoms with Crippen molar-refractivity contribution in [3.05, 3.63) is 41.8 Å². The molecule has 0 saturated carbocycles. The van der Waals surface area contributed by atoms with E-state index in [0.29, 0.717) is 12.4 Å². The highest BCUT2D eigenvalue weighted by Gasteiger charge is 2.14. The van der Waals surface area contributed by atoms with Gasteiger partial charge in [0.05, 0.1) is 6.61 Å². The SMILES string of the molecule is CCOc1ccc(OCC(=O)NCCNS(=O)(=O)c2cccs2)cc1. The van der Waals surface area contributed by atoms with Gasteiger partial charge in [-0.25, -0.2) is 13.1 Å². The third kappa shape index (κ3) is 6.37. The highest BCUT2D eigenvalue weighted by Crippen LogP contribution is 2.17. The minimum atomic E-state index is -3.50. The molecule has 0 unspecified atom stereocenters. The maximum absolute atomic E-state index is 11.9. The molecular weight excluding hydrogens is 364 g/mol. The average molecular weight is 384 g/mol. The Morgan fingerprint density at radius 1 is 1.08 bits per heavy atom. The Labute approximate surface area is 151 Å². The topological polar surface area (TPSA) is 93.7 Å². The lowest BCUT2D eigenvalue weighted by Crippen LogP contribution is -2.36. The first-order valence-corrected chi connectivity index (χ1v) is 10.0. The third-order valence-electron chi connectivity index (χ3n) is 3.00. The van der Waals surface area contributed by atoms with Crippen LogP contribution >= 0.6 is 11.3 Å². The molecule has 0 aliphatic heterocycles. The Balaban J connectivity index is 1.65. The second-order valence-electron chi connectivity index (χ2n) is 4.87. The third-order valence-corrected chi connectivity index (χ3v) is 5.86. The summed E-state index contributed by atoms with van der Waals surface area (Å²) < 4.78 is 37.1. The first kappa shape index (κ1) is 19.2. The summed E-state index contributed by atoms with van der Waals surface area (Å²) in [4.78, 5) is 11.7. The fourth-order valence-corrected chi connectivity index (χ4v) is 3.94. The van der Waals surface area contributed by atoms with Crippen molar-refractivity contribution < 1.29 is 22.7 Å². The number of amides is 1. The quantitative estimate of drug-likeness (QED) is 0.607. The van der Waals surface area contributed by atoms with Gasteiger partial charge in [0, 0.05) is 13.1 Å². The van der Waals surface area contributed by atoms with Gasteiger partial charge in [0.15, 0.2) is 6.61 Å². The Morgan fingerprint density at radius 2 is 1.76 bits per heavy atom. The summed E-state index contributed by atoms with van der Waals surface area (Å²) in [5, 5.41) is 4.28.